The Kier molecular flexibility index (Phi) is 3.39. The zero-order valence-corrected chi connectivity index (χ0v) is 11.1. The second kappa shape index (κ2) is 4.99. The molecule has 0 fully saturated rings. The molecular formula is C15H14N2O2. The number of carbonyl (C=O) groups excluding carboxylic acids is 1. The molecule has 1 heterocycles. The fourth-order valence-corrected chi connectivity index (χ4v) is 1.85. The third-order valence-corrected chi connectivity index (χ3v) is 3.11. The summed E-state index contributed by atoms with van der Waals surface area (Å²) in [5.74, 6) is 0.575. The first-order valence-electron chi connectivity index (χ1n) is 5.91. The molecule has 0 aliphatic carbocycles. The van der Waals surface area contributed by atoms with Crippen LogP contribution in [0.15, 0.2) is 28.7 Å². The number of nitriles is 1. The van der Waals surface area contributed by atoms with E-state index in [4.69, 9.17) is 9.68 Å². The van der Waals surface area contributed by atoms with Crippen molar-refractivity contribution in [1.29, 1.82) is 5.26 Å². The summed E-state index contributed by atoms with van der Waals surface area (Å²) in [6.45, 7) is 5.42. The molecule has 0 spiro atoms. The van der Waals surface area contributed by atoms with Gasteiger partial charge in [-0.2, -0.15) is 5.26 Å². The number of rotatable bonds is 2. The lowest BCUT2D eigenvalue weighted by Crippen LogP contribution is -2.13. The molecule has 0 bridgehead atoms. The number of benzene rings is 1. The highest BCUT2D eigenvalue weighted by Crippen LogP contribution is 2.26. The predicted molar refractivity (Wildman–Crippen MR) is 72.0 cm³/mol. The number of nitrogens with zero attached hydrogens (tertiary/aromatic N) is 1. The van der Waals surface area contributed by atoms with Crippen molar-refractivity contribution in [2.24, 2.45) is 0 Å². The summed E-state index contributed by atoms with van der Waals surface area (Å²) in [6.07, 6.45) is 0. The van der Waals surface area contributed by atoms with Crippen LogP contribution < -0.4 is 5.32 Å². The van der Waals surface area contributed by atoms with E-state index in [1.165, 1.54) is 0 Å². The summed E-state index contributed by atoms with van der Waals surface area (Å²) in [5, 5.41) is 11.7. The third kappa shape index (κ3) is 2.36. The monoisotopic (exact) mass is 254 g/mol. The van der Waals surface area contributed by atoms with E-state index < -0.39 is 0 Å². The fraction of sp³-hybridized carbons (Fsp3) is 0.200. The SMILES string of the molecule is Cc1ccccc1C(=O)Nc1oc(C)c(C)c1C#N. The number of nitrogens with one attached hydrogen (secondary N) is 1. The number of hydrogen-bond acceptors (Lipinski definition) is 3. The van der Waals surface area contributed by atoms with Crippen LogP contribution in [0, 0.1) is 32.1 Å². The molecule has 0 aliphatic rings. The van der Waals surface area contributed by atoms with E-state index in [-0.39, 0.29) is 11.8 Å². The first-order valence-corrected chi connectivity index (χ1v) is 5.91. The Morgan fingerprint density at radius 2 is 1.95 bits per heavy atom. The van der Waals surface area contributed by atoms with Crippen LogP contribution in [0.2, 0.25) is 0 Å². The van der Waals surface area contributed by atoms with Crippen molar-refractivity contribution >= 4 is 11.8 Å². The van der Waals surface area contributed by atoms with Gasteiger partial charge in [-0.3, -0.25) is 10.1 Å². The molecule has 0 unspecified atom stereocenters. The van der Waals surface area contributed by atoms with Gasteiger partial charge < -0.3 is 4.42 Å². The molecule has 4 heteroatoms. The van der Waals surface area contributed by atoms with Crippen LogP contribution in [-0.2, 0) is 0 Å². The normalized spacial score (nSPS) is 10.0. The molecule has 0 atom stereocenters. The Morgan fingerprint density at radius 3 is 2.58 bits per heavy atom. The first kappa shape index (κ1) is 12.9. The molecule has 1 aromatic carbocycles. The van der Waals surface area contributed by atoms with Gasteiger partial charge in [0.2, 0.25) is 5.88 Å². The molecule has 0 aliphatic heterocycles. The van der Waals surface area contributed by atoms with E-state index in [2.05, 4.69) is 5.32 Å². The van der Waals surface area contributed by atoms with Gasteiger partial charge in [-0.05, 0) is 32.4 Å². The van der Waals surface area contributed by atoms with Crippen LogP contribution in [0.4, 0.5) is 5.88 Å². The highest BCUT2D eigenvalue weighted by molar-refractivity contribution is 6.05. The van der Waals surface area contributed by atoms with Crippen molar-refractivity contribution in [1.82, 2.24) is 0 Å². The van der Waals surface area contributed by atoms with Crippen LogP contribution in [0.1, 0.15) is 32.8 Å². The zero-order chi connectivity index (χ0) is 14.0. The molecule has 0 saturated heterocycles. The number of amides is 1. The molecule has 1 amide bonds. The van der Waals surface area contributed by atoms with E-state index in [9.17, 15) is 4.79 Å². The molecule has 19 heavy (non-hydrogen) atoms. The molecule has 2 aromatic rings. The van der Waals surface area contributed by atoms with Gasteiger partial charge in [-0.15, -0.1) is 0 Å². The maximum Gasteiger partial charge on any atom is 0.258 e. The van der Waals surface area contributed by atoms with Gasteiger partial charge >= 0.3 is 0 Å². The summed E-state index contributed by atoms with van der Waals surface area (Å²) in [6, 6.07) is 9.31. The molecule has 0 saturated carbocycles. The summed E-state index contributed by atoms with van der Waals surface area (Å²) in [5.41, 5.74) is 2.57. The Bertz CT molecular complexity index is 678. The molecule has 1 N–H and O–H groups in total. The van der Waals surface area contributed by atoms with Crippen molar-refractivity contribution in [3.05, 3.63) is 52.3 Å². The lowest BCUT2D eigenvalue weighted by Gasteiger charge is -2.05. The van der Waals surface area contributed by atoms with E-state index in [1.807, 2.05) is 25.1 Å². The Hall–Kier alpha value is -2.54. The summed E-state index contributed by atoms with van der Waals surface area (Å²) in [4.78, 5) is 12.1. The van der Waals surface area contributed by atoms with Gasteiger partial charge in [0, 0.05) is 11.1 Å². The van der Waals surface area contributed by atoms with Crippen LogP contribution in [0.25, 0.3) is 0 Å². The number of anilines is 1. The van der Waals surface area contributed by atoms with Crippen LogP contribution in [0.3, 0.4) is 0 Å². The quantitative estimate of drug-likeness (QED) is 0.893. The summed E-state index contributed by atoms with van der Waals surface area (Å²) in [7, 11) is 0. The minimum atomic E-state index is -0.275. The zero-order valence-electron chi connectivity index (χ0n) is 11.1. The van der Waals surface area contributed by atoms with Crippen LogP contribution in [0.5, 0.6) is 0 Å². The van der Waals surface area contributed by atoms with Gasteiger partial charge in [0.25, 0.3) is 5.91 Å². The Labute approximate surface area is 111 Å². The fourth-order valence-electron chi connectivity index (χ4n) is 1.85. The average Bonchev–Trinajstić information content (AvgIpc) is 2.64. The predicted octanol–water partition coefficient (Wildman–Crippen LogP) is 3.33. The van der Waals surface area contributed by atoms with Gasteiger partial charge in [-0.1, -0.05) is 18.2 Å². The number of aryl methyl sites for hydroxylation is 2. The minimum absolute atomic E-state index is 0.214. The second-order valence-electron chi connectivity index (χ2n) is 4.37. The van der Waals surface area contributed by atoms with Gasteiger partial charge in [0.05, 0.1) is 0 Å². The largest absolute Gasteiger partial charge is 0.444 e. The molecule has 96 valence electrons. The van der Waals surface area contributed by atoms with E-state index in [0.717, 1.165) is 11.1 Å². The van der Waals surface area contributed by atoms with Crippen molar-refractivity contribution in [2.75, 3.05) is 5.32 Å². The van der Waals surface area contributed by atoms with Crippen molar-refractivity contribution in [3.8, 4) is 6.07 Å². The minimum Gasteiger partial charge on any atom is -0.444 e. The highest BCUT2D eigenvalue weighted by Gasteiger charge is 2.17. The molecule has 2 rings (SSSR count). The smallest absolute Gasteiger partial charge is 0.258 e. The standard InChI is InChI=1S/C15H14N2O2/c1-9-6-4-5-7-12(9)14(18)17-15-13(8-16)10(2)11(3)19-15/h4-7H,1-3H3,(H,17,18). The molecule has 0 radical (unpaired) electrons. The summed E-state index contributed by atoms with van der Waals surface area (Å²) < 4.78 is 5.41. The van der Waals surface area contributed by atoms with Crippen molar-refractivity contribution < 1.29 is 9.21 Å². The van der Waals surface area contributed by atoms with E-state index >= 15 is 0 Å². The van der Waals surface area contributed by atoms with Crippen molar-refractivity contribution in [2.45, 2.75) is 20.8 Å². The maximum atomic E-state index is 12.1. The molecule has 4 nitrogen and oxygen atoms in total. The molecular weight excluding hydrogens is 240 g/mol. The lowest BCUT2D eigenvalue weighted by atomic mass is 10.1. The van der Waals surface area contributed by atoms with Crippen molar-refractivity contribution in [3.63, 3.8) is 0 Å². The number of hydrogen-bond donors (Lipinski definition) is 1. The first-order chi connectivity index (χ1) is 9.04. The number of furan rings is 1. The Morgan fingerprint density at radius 1 is 1.26 bits per heavy atom. The third-order valence-electron chi connectivity index (χ3n) is 3.11. The van der Waals surface area contributed by atoms with Gasteiger partial charge in [0.1, 0.15) is 17.4 Å². The maximum absolute atomic E-state index is 12.1. The van der Waals surface area contributed by atoms with Gasteiger partial charge in [0.15, 0.2) is 0 Å². The van der Waals surface area contributed by atoms with Crippen LogP contribution in [-0.4, -0.2) is 5.91 Å². The Balaban J connectivity index is 2.33. The average molecular weight is 254 g/mol. The van der Waals surface area contributed by atoms with Crippen LogP contribution >= 0.6 is 0 Å². The van der Waals surface area contributed by atoms with E-state index in [1.54, 1.807) is 26.0 Å². The van der Waals surface area contributed by atoms with Gasteiger partial charge in [-0.25, -0.2) is 0 Å². The summed E-state index contributed by atoms with van der Waals surface area (Å²) >= 11 is 0. The number of carbonyl (C=O) groups is 1. The molecule has 1 aromatic heterocycles. The topological polar surface area (TPSA) is 66.0 Å². The second-order valence-corrected chi connectivity index (χ2v) is 4.37. The van der Waals surface area contributed by atoms with E-state index in [0.29, 0.717) is 16.9 Å². The highest BCUT2D eigenvalue weighted by atomic mass is 16.4. The lowest BCUT2D eigenvalue weighted by molar-refractivity contribution is 0.102.